The van der Waals surface area contributed by atoms with E-state index < -0.39 is 36.4 Å². The molecule has 0 aromatic carbocycles. The Hall–Kier alpha value is -3.06. The van der Waals surface area contributed by atoms with E-state index in [0.717, 1.165) is 116 Å². The summed E-state index contributed by atoms with van der Waals surface area (Å²) < 4.78 is 44.9. The highest BCUT2D eigenvalue weighted by Crippen LogP contribution is 2.32. The van der Waals surface area contributed by atoms with Crippen molar-refractivity contribution in [3.63, 3.8) is 0 Å². The van der Waals surface area contributed by atoms with E-state index >= 15 is 0 Å². The number of carbonyl (C=O) groups excluding carboxylic acids is 4. The fourth-order valence-electron chi connectivity index (χ4n) is 7.31. The van der Waals surface area contributed by atoms with E-state index in [1.165, 1.54) is 18.2 Å². The summed E-state index contributed by atoms with van der Waals surface area (Å²) in [6.07, 6.45) is 22.2. The van der Waals surface area contributed by atoms with Crippen molar-refractivity contribution in [2.45, 2.75) is 139 Å². The molecule has 12 heteroatoms. The van der Waals surface area contributed by atoms with Gasteiger partial charge in [0.1, 0.15) is 12.2 Å². The first-order valence-electron chi connectivity index (χ1n) is 19.5. The number of carbonyl (C=O) groups is 4. The molecule has 2 saturated heterocycles. The Balaban J connectivity index is 1.02. The predicted molar refractivity (Wildman–Crippen MR) is 191 cm³/mol. The van der Waals surface area contributed by atoms with Crippen LogP contribution in [-0.4, -0.2) is 101 Å². The molecule has 4 unspecified atom stereocenters. The van der Waals surface area contributed by atoms with Crippen molar-refractivity contribution in [3.05, 3.63) is 37.0 Å². The number of unbranched alkanes of at least 4 members (excludes halogenated alkanes) is 6. The van der Waals surface area contributed by atoms with Gasteiger partial charge in [0.25, 0.3) is 6.47 Å². The highest BCUT2D eigenvalue weighted by Gasteiger charge is 2.51. The van der Waals surface area contributed by atoms with Gasteiger partial charge in [0.15, 0.2) is 12.2 Å². The summed E-state index contributed by atoms with van der Waals surface area (Å²) in [6.45, 7) is 6.68. The fraction of sp³-hybridized carbons (Fsp3) is 0.750. The van der Waals surface area contributed by atoms with Gasteiger partial charge in [-0.1, -0.05) is 31.6 Å². The topological polar surface area (TPSA) is 142 Å². The lowest BCUT2D eigenvalue weighted by molar-refractivity contribution is -0.149. The molecule has 4 aliphatic rings. The lowest BCUT2D eigenvalue weighted by Gasteiger charge is -2.27. The molecule has 0 aromatic rings. The molecule has 4 fully saturated rings. The molecule has 2 saturated carbocycles. The van der Waals surface area contributed by atoms with Crippen molar-refractivity contribution in [3.8, 4) is 0 Å². The van der Waals surface area contributed by atoms with Gasteiger partial charge in [-0.05, 0) is 102 Å². The lowest BCUT2D eigenvalue weighted by atomic mass is 9.87. The van der Waals surface area contributed by atoms with Gasteiger partial charge >= 0.3 is 17.9 Å². The number of hydrogen-bond acceptors (Lipinski definition) is 12. The Kier molecular flexibility index (Phi) is 19.5. The number of allylic oxidation sites excluding steroid dienone is 2. The minimum atomic E-state index is -0.548. The van der Waals surface area contributed by atoms with Crippen molar-refractivity contribution in [2.24, 2.45) is 11.8 Å². The molecule has 0 N–H and O–H groups in total. The van der Waals surface area contributed by atoms with Crippen LogP contribution in [0.4, 0.5) is 0 Å². The number of ether oxygens (including phenoxy) is 8. The number of rotatable bonds is 24. The maximum atomic E-state index is 12.7. The highest BCUT2D eigenvalue weighted by atomic mass is 16.7. The zero-order valence-electron chi connectivity index (χ0n) is 30.7. The van der Waals surface area contributed by atoms with Crippen LogP contribution in [0.2, 0.25) is 0 Å². The van der Waals surface area contributed by atoms with Gasteiger partial charge < -0.3 is 37.9 Å². The van der Waals surface area contributed by atoms with Gasteiger partial charge in [-0.3, -0.25) is 4.79 Å². The summed E-state index contributed by atoms with van der Waals surface area (Å²) in [5.74, 6) is -0.586. The zero-order valence-corrected chi connectivity index (χ0v) is 30.7. The average Bonchev–Trinajstić information content (AvgIpc) is 3.75. The molecule has 0 bridgehead atoms. The second kappa shape index (κ2) is 24.3. The van der Waals surface area contributed by atoms with Crippen molar-refractivity contribution >= 4 is 24.4 Å². The third-order valence-electron chi connectivity index (χ3n) is 10.3. The molecule has 0 amide bonds. The predicted octanol–water partition coefficient (Wildman–Crippen LogP) is 5.89. The standard InChI is InChI=1S/C40H60O12/c1-2-36(42)48-26-10-6-5-9-25-47-33-19-13-31(14-20-33)16-22-38(44)52-35-28-50-39-34(27-49-40(35)39)51-37(43)21-15-30-11-17-32(18-12-30)46-24-8-4-3-7-23-45-29-41/h2,15-16,21-22,29-35,39-40H,1,3-14,17-20,23-28H2. The van der Waals surface area contributed by atoms with Crippen LogP contribution in [0.1, 0.15) is 103 Å². The summed E-state index contributed by atoms with van der Waals surface area (Å²) in [5, 5.41) is 0. The van der Waals surface area contributed by atoms with Crippen LogP contribution in [-0.2, 0) is 57.1 Å². The Morgan fingerprint density at radius 2 is 1.02 bits per heavy atom. The van der Waals surface area contributed by atoms with Gasteiger partial charge in [0.2, 0.25) is 0 Å². The molecule has 0 aromatic heterocycles. The molecule has 4 rings (SSSR count). The number of hydrogen-bond donors (Lipinski definition) is 0. The van der Waals surface area contributed by atoms with Crippen molar-refractivity contribution in [1.82, 2.24) is 0 Å². The largest absolute Gasteiger partial charge is 0.468 e. The fourth-order valence-corrected chi connectivity index (χ4v) is 7.31. The molecule has 2 heterocycles. The molecule has 2 aliphatic heterocycles. The molecule has 0 spiro atoms. The van der Waals surface area contributed by atoms with Crippen molar-refractivity contribution < 1.29 is 57.1 Å². The third-order valence-corrected chi connectivity index (χ3v) is 10.3. The van der Waals surface area contributed by atoms with Gasteiger partial charge in [-0.25, -0.2) is 14.4 Å². The van der Waals surface area contributed by atoms with Gasteiger partial charge in [-0.2, -0.15) is 0 Å². The molecule has 12 nitrogen and oxygen atoms in total. The Morgan fingerprint density at radius 3 is 1.46 bits per heavy atom. The van der Waals surface area contributed by atoms with E-state index in [0.29, 0.717) is 31.5 Å². The first kappa shape index (κ1) is 41.7. The summed E-state index contributed by atoms with van der Waals surface area (Å²) in [6, 6.07) is 0. The first-order chi connectivity index (χ1) is 25.4. The first-order valence-corrected chi connectivity index (χ1v) is 19.5. The monoisotopic (exact) mass is 732 g/mol. The van der Waals surface area contributed by atoms with Gasteiger partial charge in [-0.15, -0.1) is 0 Å². The van der Waals surface area contributed by atoms with E-state index in [1.54, 1.807) is 0 Å². The van der Waals surface area contributed by atoms with E-state index in [1.807, 2.05) is 12.2 Å². The summed E-state index contributed by atoms with van der Waals surface area (Å²) in [4.78, 5) is 46.5. The molecular weight excluding hydrogens is 672 g/mol. The molecule has 0 radical (unpaired) electrons. The number of fused-ring (bicyclic) bond motifs is 1. The van der Waals surface area contributed by atoms with Crippen LogP contribution in [0.5, 0.6) is 0 Å². The van der Waals surface area contributed by atoms with Crippen LogP contribution < -0.4 is 0 Å². The second-order valence-electron chi connectivity index (χ2n) is 14.2. The van der Waals surface area contributed by atoms with E-state index in [4.69, 9.17) is 37.9 Å². The van der Waals surface area contributed by atoms with Crippen molar-refractivity contribution in [1.29, 1.82) is 0 Å². The van der Waals surface area contributed by atoms with Crippen LogP contribution in [0.25, 0.3) is 0 Å². The van der Waals surface area contributed by atoms with Gasteiger partial charge in [0, 0.05) is 31.4 Å². The maximum Gasteiger partial charge on any atom is 0.330 e. The van der Waals surface area contributed by atoms with E-state index in [-0.39, 0.29) is 31.4 Å². The Labute approximate surface area is 308 Å². The minimum absolute atomic E-state index is 0.200. The lowest BCUT2D eigenvalue weighted by Crippen LogP contribution is -2.35. The van der Waals surface area contributed by atoms with Crippen LogP contribution >= 0.6 is 0 Å². The maximum absolute atomic E-state index is 12.7. The molecule has 2 aliphatic carbocycles. The summed E-state index contributed by atoms with van der Waals surface area (Å²) in [7, 11) is 0. The van der Waals surface area contributed by atoms with Crippen LogP contribution in [0, 0.1) is 11.8 Å². The van der Waals surface area contributed by atoms with E-state index in [9.17, 15) is 19.2 Å². The molecule has 292 valence electrons. The smallest absolute Gasteiger partial charge is 0.330 e. The molecular formula is C40H60O12. The minimum Gasteiger partial charge on any atom is -0.468 e. The highest BCUT2D eigenvalue weighted by molar-refractivity contribution is 5.82. The third kappa shape index (κ3) is 15.5. The van der Waals surface area contributed by atoms with Crippen LogP contribution in [0.3, 0.4) is 0 Å². The summed E-state index contributed by atoms with van der Waals surface area (Å²) in [5.41, 5.74) is 0. The van der Waals surface area contributed by atoms with E-state index in [2.05, 4.69) is 6.58 Å². The Morgan fingerprint density at radius 1 is 0.577 bits per heavy atom. The molecule has 52 heavy (non-hydrogen) atoms. The van der Waals surface area contributed by atoms with Crippen molar-refractivity contribution in [2.75, 3.05) is 39.6 Å². The summed E-state index contributed by atoms with van der Waals surface area (Å²) >= 11 is 0. The van der Waals surface area contributed by atoms with Gasteiger partial charge in [0.05, 0.1) is 38.6 Å². The Bertz CT molecular complexity index is 1140. The quantitative estimate of drug-likeness (QED) is 0.0384. The molecule has 4 atom stereocenters. The normalized spacial score (nSPS) is 28.8. The number of esters is 3. The average molecular weight is 733 g/mol. The van der Waals surface area contributed by atoms with Crippen LogP contribution in [0.15, 0.2) is 37.0 Å². The second-order valence-corrected chi connectivity index (χ2v) is 14.2. The zero-order chi connectivity index (χ0) is 36.8. The SMILES string of the molecule is C=CC(=O)OCCCCCCOC1CCC(C=CC(=O)OC2COC3C(OC(=O)C=CC4CCC(OCCCCCCOC=O)CC4)COC23)CC1.